The van der Waals surface area contributed by atoms with Gasteiger partial charge in [-0.3, -0.25) is 14.4 Å². The number of hydrogen-bond donors (Lipinski definition) is 2. The van der Waals surface area contributed by atoms with Gasteiger partial charge in [0.15, 0.2) is 6.10 Å². The number of alkyl halides is 3. The molecule has 2 rings (SSSR count). The third-order valence-electron chi connectivity index (χ3n) is 3.56. The molecule has 9 heteroatoms. The predicted octanol–water partition coefficient (Wildman–Crippen LogP) is 3.01. The molecule has 2 aromatic carbocycles. The SMILES string of the molecule is C[C@H](OC(=O)CNC(=O)c1ccccc1)C(=O)Nc1cccc(C(F)(F)F)c1. The number of nitrogens with one attached hydrogen (secondary N) is 2. The third kappa shape index (κ3) is 6.11. The van der Waals surface area contributed by atoms with Crippen LogP contribution in [0, 0.1) is 0 Å². The number of rotatable bonds is 6. The number of carbonyl (C=O) groups excluding carboxylic acids is 3. The van der Waals surface area contributed by atoms with Crippen LogP contribution in [0.3, 0.4) is 0 Å². The Morgan fingerprint density at radius 3 is 2.36 bits per heavy atom. The Morgan fingerprint density at radius 1 is 1.04 bits per heavy atom. The molecule has 0 aromatic heterocycles. The van der Waals surface area contributed by atoms with Gasteiger partial charge in [-0.05, 0) is 37.3 Å². The molecule has 0 aliphatic heterocycles. The van der Waals surface area contributed by atoms with Gasteiger partial charge in [0.05, 0.1) is 5.56 Å². The van der Waals surface area contributed by atoms with Crippen molar-refractivity contribution in [3.05, 3.63) is 65.7 Å². The summed E-state index contributed by atoms with van der Waals surface area (Å²) in [7, 11) is 0. The lowest BCUT2D eigenvalue weighted by Crippen LogP contribution is -2.35. The maximum atomic E-state index is 12.7. The van der Waals surface area contributed by atoms with Crippen LogP contribution < -0.4 is 10.6 Å². The van der Waals surface area contributed by atoms with E-state index in [9.17, 15) is 27.6 Å². The second kappa shape index (κ2) is 9.03. The van der Waals surface area contributed by atoms with Crippen LogP contribution in [0.5, 0.6) is 0 Å². The molecule has 2 N–H and O–H groups in total. The summed E-state index contributed by atoms with van der Waals surface area (Å²) in [5.74, 6) is -2.16. The van der Waals surface area contributed by atoms with Crippen molar-refractivity contribution in [2.75, 3.05) is 11.9 Å². The maximum absolute atomic E-state index is 12.7. The Morgan fingerprint density at radius 2 is 1.71 bits per heavy atom. The number of hydrogen-bond acceptors (Lipinski definition) is 4. The van der Waals surface area contributed by atoms with Gasteiger partial charge < -0.3 is 15.4 Å². The summed E-state index contributed by atoms with van der Waals surface area (Å²) < 4.78 is 43.0. The minimum Gasteiger partial charge on any atom is -0.451 e. The van der Waals surface area contributed by atoms with Crippen LogP contribution in [-0.4, -0.2) is 30.4 Å². The van der Waals surface area contributed by atoms with E-state index in [-0.39, 0.29) is 5.69 Å². The smallest absolute Gasteiger partial charge is 0.416 e. The lowest BCUT2D eigenvalue weighted by atomic mass is 10.2. The molecule has 0 fully saturated rings. The van der Waals surface area contributed by atoms with E-state index in [2.05, 4.69) is 10.6 Å². The number of benzene rings is 2. The molecular formula is C19H17F3N2O4. The van der Waals surface area contributed by atoms with Crippen LogP contribution in [0.2, 0.25) is 0 Å². The first-order chi connectivity index (χ1) is 13.2. The van der Waals surface area contributed by atoms with Crippen molar-refractivity contribution in [3.8, 4) is 0 Å². The molecule has 2 aromatic rings. The molecule has 0 aliphatic rings. The molecule has 0 unspecified atom stereocenters. The van der Waals surface area contributed by atoms with E-state index in [1.165, 1.54) is 13.0 Å². The number of carbonyl (C=O) groups is 3. The van der Waals surface area contributed by atoms with E-state index >= 15 is 0 Å². The Labute approximate surface area is 158 Å². The Bertz CT molecular complexity index is 854. The van der Waals surface area contributed by atoms with Crippen molar-refractivity contribution < 1.29 is 32.3 Å². The molecule has 0 aliphatic carbocycles. The molecule has 28 heavy (non-hydrogen) atoms. The first-order valence-corrected chi connectivity index (χ1v) is 8.17. The van der Waals surface area contributed by atoms with E-state index in [0.29, 0.717) is 5.56 Å². The van der Waals surface area contributed by atoms with Gasteiger partial charge >= 0.3 is 12.1 Å². The van der Waals surface area contributed by atoms with Crippen LogP contribution in [-0.2, 0) is 20.5 Å². The van der Waals surface area contributed by atoms with Crippen LogP contribution in [0.15, 0.2) is 54.6 Å². The van der Waals surface area contributed by atoms with Gasteiger partial charge in [0.2, 0.25) is 0 Å². The quantitative estimate of drug-likeness (QED) is 0.738. The minimum atomic E-state index is -4.55. The largest absolute Gasteiger partial charge is 0.451 e. The topological polar surface area (TPSA) is 84.5 Å². The van der Waals surface area contributed by atoms with Crippen LogP contribution in [0.1, 0.15) is 22.8 Å². The van der Waals surface area contributed by atoms with Gasteiger partial charge in [-0.2, -0.15) is 13.2 Å². The lowest BCUT2D eigenvalue weighted by molar-refractivity contribution is -0.152. The van der Waals surface area contributed by atoms with Crippen molar-refractivity contribution in [2.24, 2.45) is 0 Å². The highest BCUT2D eigenvalue weighted by molar-refractivity contribution is 5.97. The first-order valence-electron chi connectivity index (χ1n) is 8.17. The van der Waals surface area contributed by atoms with E-state index < -0.39 is 42.2 Å². The predicted molar refractivity (Wildman–Crippen MR) is 94.4 cm³/mol. The van der Waals surface area contributed by atoms with E-state index in [4.69, 9.17) is 4.74 Å². The molecule has 0 heterocycles. The zero-order chi connectivity index (χ0) is 20.7. The van der Waals surface area contributed by atoms with Crippen molar-refractivity contribution >= 4 is 23.5 Å². The molecule has 0 spiro atoms. The number of amides is 2. The number of ether oxygens (including phenoxy) is 1. The van der Waals surface area contributed by atoms with E-state index in [1.54, 1.807) is 30.3 Å². The highest BCUT2D eigenvalue weighted by Crippen LogP contribution is 2.30. The van der Waals surface area contributed by atoms with Gasteiger partial charge in [0.1, 0.15) is 6.54 Å². The molecule has 2 amide bonds. The van der Waals surface area contributed by atoms with Gasteiger partial charge in [-0.15, -0.1) is 0 Å². The summed E-state index contributed by atoms with van der Waals surface area (Å²) in [4.78, 5) is 35.6. The average molecular weight is 394 g/mol. The summed E-state index contributed by atoms with van der Waals surface area (Å²) in [6.07, 6.45) is -5.81. The van der Waals surface area contributed by atoms with Gasteiger partial charge in [-0.25, -0.2) is 0 Å². The zero-order valence-electron chi connectivity index (χ0n) is 14.7. The molecule has 0 bridgehead atoms. The molecule has 6 nitrogen and oxygen atoms in total. The van der Waals surface area contributed by atoms with Crippen LogP contribution in [0.25, 0.3) is 0 Å². The monoisotopic (exact) mass is 394 g/mol. The van der Waals surface area contributed by atoms with Crippen molar-refractivity contribution in [1.82, 2.24) is 5.32 Å². The molecule has 0 saturated carbocycles. The Kier molecular flexibility index (Phi) is 6.75. The molecule has 0 radical (unpaired) electrons. The van der Waals surface area contributed by atoms with Gasteiger partial charge in [0, 0.05) is 11.3 Å². The van der Waals surface area contributed by atoms with Crippen molar-refractivity contribution in [3.63, 3.8) is 0 Å². The molecule has 0 saturated heterocycles. The summed E-state index contributed by atoms with van der Waals surface area (Å²) in [6, 6.07) is 12.2. The molecular weight excluding hydrogens is 377 g/mol. The fraction of sp³-hybridized carbons (Fsp3) is 0.211. The molecule has 148 valence electrons. The fourth-order valence-corrected chi connectivity index (χ4v) is 2.15. The van der Waals surface area contributed by atoms with Crippen molar-refractivity contribution in [2.45, 2.75) is 19.2 Å². The van der Waals surface area contributed by atoms with E-state index in [0.717, 1.165) is 18.2 Å². The summed E-state index contributed by atoms with van der Waals surface area (Å²) >= 11 is 0. The minimum absolute atomic E-state index is 0.0832. The Hall–Kier alpha value is -3.36. The zero-order valence-corrected chi connectivity index (χ0v) is 14.7. The van der Waals surface area contributed by atoms with Crippen molar-refractivity contribution in [1.29, 1.82) is 0 Å². The number of anilines is 1. The third-order valence-corrected chi connectivity index (χ3v) is 3.56. The summed E-state index contributed by atoms with van der Waals surface area (Å²) in [6.45, 7) is 0.800. The molecule has 1 atom stereocenters. The first kappa shape index (κ1) is 20.9. The normalized spacial score (nSPS) is 12.0. The van der Waals surface area contributed by atoms with Gasteiger partial charge in [0.25, 0.3) is 11.8 Å². The lowest BCUT2D eigenvalue weighted by Gasteiger charge is -2.15. The standard InChI is InChI=1S/C19H17F3N2O4/c1-12(17(26)24-15-9-5-8-14(10-15)19(20,21)22)28-16(25)11-23-18(27)13-6-3-2-4-7-13/h2-10,12H,11H2,1H3,(H,23,27)(H,24,26)/t12-/m0/s1. The fourth-order valence-electron chi connectivity index (χ4n) is 2.15. The second-order valence-electron chi connectivity index (χ2n) is 5.75. The summed E-state index contributed by atoms with van der Waals surface area (Å²) in [5, 5.41) is 4.59. The highest BCUT2D eigenvalue weighted by atomic mass is 19.4. The van der Waals surface area contributed by atoms with Gasteiger partial charge in [-0.1, -0.05) is 24.3 Å². The van der Waals surface area contributed by atoms with Crippen LogP contribution >= 0.6 is 0 Å². The van der Waals surface area contributed by atoms with Crippen LogP contribution in [0.4, 0.5) is 18.9 Å². The Balaban J connectivity index is 1.85. The number of esters is 1. The average Bonchev–Trinajstić information content (AvgIpc) is 2.66. The van der Waals surface area contributed by atoms with E-state index in [1.807, 2.05) is 0 Å². The summed E-state index contributed by atoms with van der Waals surface area (Å²) in [5.41, 5.74) is -0.649. The second-order valence-corrected chi connectivity index (χ2v) is 5.75. The number of halogens is 3. The highest BCUT2D eigenvalue weighted by Gasteiger charge is 2.30. The maximum Gasteiger partial charge on any atom is 0.416 e.